The first-order valence-corrected chi connectivity index (χ1v) is 7.84. The molecule has 16 heavy (non-hydrogen) atoms. The van der Waals surface area contributed by atoms with Crippen LogP contribution < -0.4 is 0 Å². The Bertz CT molecular complexity index is 84.0. The molecule has 102 valence electrons. The summed E-state index contributed by atoms with van der Waals surface area (Å²) in [6.45, 7) is 16.7. The summed E-state index contributed by atoms with van der Waals surface area (Å²) in [7, 11) is 0. The van der Waals surface area contributed by atoms with Crippen LogP contribution in [-0.2, 0) is 0 Å². The van der Waals surface area contributed by atoms with Crippen LogP contribution in [0.25, 0.3) is 0 Å². The molecule has 0 aliphatic heterocycles. The Labute approximate surface area is 106 Å². The van der Waals surface area contributed by atoms with Gasteiger partial charge in [0.25, 0.3) is 0 Å². The van der Waals surface area contributed by atoms with Gasteiger partial charge in [-0.05, 0) is 11.8 Å². The van der Waals surface area contributed by atoms with Crippen LogP contribution in [0.1, 0.15) is 93.9 Å². The Morgan fingerprint density at radius 3 is 1.62 bits per heavy atom. The second kappa shape index (κ2) is 20.4. The molecule has 1 saturated carbocycles. The third kappa shape index (κ3) is 12.1. The molecule has 0 heterocycles. The van der Waals surface area contributed by atoms with Gasteiger partial charge in [-0.3, -0.25) is 0 Å². The van der Waals surface area contributed by atoms with Crippen LogP contribution in [0.3, 0.4) is 0 Å². The average molecular weight is 230 g/mol. The summed E-state index contributed by atoms with van der Waals surface area (Å²) >= 11 is 0. The summed E-state index contributed by atoms with van der Waals surface area (Å²) < 4.78 is 0. The highest BCUT2D eigenvalue weighted by molar-refractivity contribution is 4.71. The molecule has 1 rings (SSSR count). The Morgan fingerprint density at radius 2 is 1.25 bits per heavy atom. The Morgan fingerprint density at radius 1 is 0.812 bits per heavy atom. The summed E-state index contributed by atoms with van der Waals surface area (Å²) in [5.41, 5.74) is 0. The van der Waals surface area contributed by atoms with E-state index in [0.717, 1.165) is 11.8 Å². The van der Waals surface area contributed by atoms with E-state index in [1.54, 1.807) is 0 Å². The van der Waals surface area contributed by atoms with E-state index in [0.29, 0.717) is 0 Å². The molecule has 0 aromatic carbocycles. The molecule has 0 aromatic rings. The summed E-state index contributed by atoms with van der Waals surface area (Å²) in [6.07, 6.45) is 8.84. The minimum absolute atomic E-state index is 1.02. The van der Waals surface area contributed by atoms with Crippen molar-refractivity contribution >= 4 is 0 Å². The lowest BCUT2D eigenvalue weighted by Gasteiger charge is -2.28. The predicted octanol–water partition coefficient (Wildman–Crippen LogP) is 6.69. The van der Waals surface area contributed by atoms with Gasteiger partial charge in [-0.1, -0.05) is 93.9 Å². The number of rotatable bonds is 2. The maximum atomic E-state index is 2.43. The van der Waals surface area contributed by atoms with E-state index in [-0.39, 0.29) is 0 Å². The molecule has 0 bridgehead atoms. The van der Waals surface area contributed by atoms with E-state index in [2.05, 4.69) is 13.8 Å². The first kappa shape index (κ1) is 21.3. The van der Waals surface area contributed by atoms with Crippen molar-refractivity contribution in [1.29, 1.82) is 0 Å². The molecule has 1 fully saturated rings. The molecule has 1 aliphatic carbocycles. The first-order chi connectivity index (χ1) is 7.84. The minimum atomic E-state index is 1.02. The van der Waals surface area contributed by atoms with Crippen molar-refractivity contribution < 1.29 is 0 Å². The molecular weight excluding hydrogens is 192 g/mol. The maximum absolute atomic E-state index is 2.43. The fourth-order valence-corrected chi connectivity index (χ4v) is 2.19. The Balaban J connectivity index is -0.000000245. The molecule has 0 heteroatoms. The topological polar surface area (TPSA) is 0 Å². The molecular formula is C16H38. The van der Waals surface area contributed by atoms with Crippen LogP contribution in [-0.4, -0.2) is 0 Å². The molecule has 0 nitrogen and oxygen atoms in total. The van der Waals surface area contributed by atoms with Crippen molar-refractivity contribution in [2.24, 2.45) is 11.8 Å². The van der Waals surface area contributed by atoms with Crippen molar-refractivity contribution in [1.82, 2.24) is 0 Å². The van der Waals surface area contributed by atoms with Crippen LogP contribution >= 0.6 is 0 Å². The lowest BCUT2D eigenvalue weighted by Crippen LogP contribution is -2.15. The quantitative estimate of drug-likeness (QED) is 0.495. The van der Waals surface area contributed by atoms with Crippen molar-refractivity contribution in [2.45, 2.75) is 93.9 Å². The van der Waals surface area contributed by atoms with Gasteiger partial charge in [0, 0.05) is 0 Å². The molecule has 2 atom stereocenters. The Hall–Kier alpha value is 0. The van der Waals surface area contributed by atoms with E-state index < -0.39 is 0 Å². The van der Waals surface area contributed by atoms with Crippen LogP contribution in [0.15, 0.2) is 0 Å². The second-order valence-corrected chi connectivity index (χ2v) is 3.81. The number of hydrogen-bond donors (Lipinski definition) is 0. The van der Waals surface area contributed by atoms with Crippen LogP contribution in [0.4, 0.5) is 0 Å². The zero-order valence-electron chi connectivity index (χ0n) is 13.4. The minimum Gasteiger partial charge on any atom is -0.0683 e. The van der Waals surface area contributed by atoms with Gasteiger partial charge in [-0.25, -0.2) is 0 Å². The molecule has 0 N–H and O–H groups in total. The monoisotopic (exact) mass is 230 g/mol. The van der Waals surface area contributed by atoms with Gasteiger partial charge in [0.2, 0.25) is 0 Å². The normalized spacial score (nSPS) is 22.5. The average Bonchev–Trinajstić information content (AvgIpc) is 2.40. The highest BCUT2D eigenvalue weighted by Gasteiger charge is 2.19. The van der Waals surface area contributed by atoms with Gasteiger partial charge in [0.1, 0.15) is 0 Å². The fraction of sp³-hybridized carbons (Fsp3) is 1.00. The number of hydrogen-bond acceptors (Lipinski definition) is 0. The van der Waals surface area contributed by atoms with Gasteiger partial charge in [-0.15, -0.1) is 0 Å². The van der Waals surface area contributed by atoms with Crippen molar-refractivity contribution in [3.63, 3.8) is 0 Å². The lowest BCUT2D eigenvalue weighted by molar-refractivity contribution is 0.240. The maximum Gasteiger partial charge on any atom is -0.0389 e. The third-order valence-corrected chi connectivity index (χ3v) is 2.95. The van der Waals surface area contributed by atoms with Crippen LogP contribution in [0.5, 0.6) is 0 Å². The molecule has 2 unspecified atom stereocenters. The molecule has 0 aromatic heterocycles. The van der Waals surface area contributed by atoms with Crippen molar-refractivity contribution in [2.75, 3.05) is 0 Å². The van der Waals surface area contributed by atoms with Gasteiger partial charge in [-0.2, -0.15) is 0 Å². The lowest BCUT2D eigenvalue weighted by atomic mass is 9.78. The van der Waals surface area contributed by atoms with Gasteiger partial charge >= 0.3 is 0 Å². The zero-order valence-corrected chi connectivity index (χ0v) is 13.4. The molecule has 0 spiro atoms. The highest BCUT2D eigenvalue weighted by Crippen LogP contribution is 2.32. The molecule has 0 amide bonds. The smallest absolute Gasteiger partial charge is 0.0389 e. The zero-order chi connectivity index (χ0) is 13.4. The van der Waals surface area contributed by atoms with Crippen molar-refractivity contribution in [3.05, 3.63) is 0 Å². The molecule has 1 aliphatic rings. The van der Waals surface area contributed by atoms with Gasteiger partial charge < -0.3 is 0 Å². The van der Waals surface area contributed by atoms with E-state index >= 15 is 0 Å². The standard InChI is InChI=1S/C10H20.3C2H6/c1-3-6-10-8-5-4-7-9(10)2;3*1-2/h9-10H,3-8H2,1-2H3;3*1-2H3. The third-order valence-electron chi connectivity index (χ3n) is 2.95. The van der Waals surface area contributed by atoms with E-state index in [1.165, 1.54) is 38.5 Å². The summed E-state index contributed by atoms with van der Waals surface area (Å²) in [4.78, 5) is 0. The van der Waals surface area contributed by atoms with Crippen LogP contribution in [0, 0.1) is 11.8 Å². The SMILES string of the molecule is CC.CC.CC.CCCC1CCCCC1C. The first-order valence-electron chi connectivity index (χ1n) is 7.84. The van der Waals surface area contributed by atoms with E-state index in [4.69, 9.17) is 0 Å². The molecule has 0 saturated heterocycles. The second-order valence-electron chi connectivity index (χ2n) is 3.81. The van der Waals surface area contributed by atoms with E-state index in [1.807, 2.05) is 41.5 Å². The van der Waals surface area contributed by atoms with E-state index in [9.17, 15) is 0 Å². The summed E-state index contributed by atoms with van der Waals surface area (Å²) in [6, 6.07) is 0. The predicted molar refractivity (Wildman–Crippen MR) is 80.1 cm³/mol. The molecule has 0 radical (unpaired) electrons. The fourth-order valence-electron chi connectivity index (χ4n) is 2.19. The highest BCUT2D eigenvalue weighted by atomic mass is 14.2. The largest absolute Gasteiger partial charge is 0.0683 e. The summed E-state index contributed by atoms with van der Waals surface area (Å²) in [5.74, 6) is 2.09. The van der Waals surface area contributed by atoms with Crippen LogP contribution in [0.2, 0.25) is 0 Å². The van der Waals surface area contributed by atoms with Gasteiger partial charge in [0.15, 0.2) is 0 Å². The van der Waals surface area contributed by atoms with Crippen molar-refractivity contribution in [3.8, 4) is 0 Å². The summed E-state index contributed by atoms with van der Waals surface area (Å²) in [5, 5.41) is 0. The Kier molecular flexibility index (Phi) is 27.2. The van der Waals surface area contributed by atoms with Gasteiger partial charge in [0.05, 0.1) is 0 Å².